The van der Waals surface area contributed by atoms with Crippen LogP contribution in [0.3, 0.4) is 0 Å². The molecule has 5 heteroatoms. The normalized spacial score (nSPS) is 25.2. The Morgan fingerprint density at radius 3 is 1.67 bits per heavy atom. The van der Waals surface area contributed by atoms with E-state index in [-0.39, 0.29) is 31.1 Å². The van der Waals surface area contributed by atoms with Crippen molar-refractivity contribution in [1.82, 2.24) is 0 Å². The van der Waals surface area contributed by atoms with E-state index in [2.05, 4.69) is 13.8 Å². The van der Waals surface area contributed by atoms with Crippen LogP contribution < -0.4 is 0 Å². The highest BCUT2D eigenvalue weighted by molar-refractivity contribution is 5.69. The van der Waals surface area contributed by atoms with Crippen LogP contribution in [-0.2, 0) is 30.4 Å². The molecule has 1 aromatic rings. The fourth-order valence-corrected chi connectivity index (χ4v) is 5.51. The molecular weight excluding hydrogens is 452 g/mol. The molecule has 2 aliphatic rings. The molecule has 0 aliphatic heterocycles. The molecule has 0 spiro atoms. The fraction of sp³-hybridized carbons (Fsp3) is 0.742. The van der Waals surface area contributed by atoms with E-state index >= 15 is 0 Å². The van der Waals surface area contributed by atoms with Crippen molar-refractivity contribution in [3.63, 3.8) is 0 Å². The molecule has 0 heterocycles. The van der Waals surface area contributed by atoms with Gasteiger partial charge in [0.25, 0.3) is 0 Å². The molecule has 2 saturated carbocycles. The Hall–Kier alpha value is -1.88. The first-order chi connectivity index (χ1) is 17.5. The molecule has 3 rings (SSSR count). The molecule has 1 aromatic carbocycles. The summed E-state index contributed by atoms with van der Waals surface area (Å²) < 4.78 is 17.1. The third-order valence-electron chi connectivity index (χ3n) is 8.21. The molecule has 0 saturated heterocycles. The Morgan fingerprint density at radius 2 is 1.19 bits per heavy atom. The number of esters is 2. The lowest BCUT2D eigenvalue weighted by Crippen LogP contribution is -2.25. The Morgan fingerprint density at radius 1 is 0.722 bits per heavy atom. The van der Waals surface area contributed by atoms with Crippen LogP contribution in [0.4, 0.5) is 0 Å². The summed E-state index contributed by atoms with van der Waals surface area (Å²) in [6.45, 7) is 5.95. The molecule has 0 atom stereocenters. The summed E-state index contributed by atoms with van der Waals surface area (Å²) in [4.78, 5) is 24.8. The predicted molar refractivity (Wildman–Crippen MR) is 142 cm³/mol. The fourth-order valence-electron chi connectivity index (χ4n) is 5.51. The van der Waals surface area contributed by atoms with Crippen LogP contribution >= 0.6 is 0 Å². The van der Waals surface area contributed by atoms with Crippen molar-refractivity contribution < 1.29 is 23.8 Å². The maximum Gasteiger partial charge on any atom is 0.305 e. The van der Waals surface area contributed by atoms with Crippen molar-refractivity contribution in [3.05, 3.63) is 35.9 Å². The van der Waals surface area contributed by atoms with E-state index < -0.39 is 0 Å². The quantitative estimate of drug-likeness (QED) is 0.255. The molecule has 0 radical (unpaired) electrons. The number of benzene rings is 1. The first-order valence-corrected chi connectivity index (χ1v) is 14.4. The second kappa shape index (κ2) is 16.1. The van der Waals surface area contributed by atoms with Crippen LogP contribution in [0, 0.1) is 29.6 Å². The minimum atomic E-state index is -0.160. The summed E-state index contributed by atoms with van der Waals surface area (Å²) in [6.07, 6.45) is 12.7. The molecular formula is C31H48O5. The Labute approximate surface area is 218 Å². The molecule has 2 aliphatic carbocycles. The van der Waals surface area contributed by atoms with Gasteiger partial charge < -0.3 is 14.2 Å². The van der Waals surface area contributed by atoms with Gasteiger partial charge in [0.2, 0.25) is 0 Å². The molecule has 0 aromatic heterocycles. The summed E-state index contributed by atoms with van der Waals surface area (Å²) in [6, 6.07) is 9.99. The number of rotatable bonds is 14. The van der Waals surface area contributed by atoms with E-state index in [9.17, 15) is 9.59 Å². The SMILES string of the molecule is CC1CCC(CCC(=O)OCC(COCc2ccccc2)COC(=O)CCC2CCC(C)CC2)CC1. The predicted octanol–water partition coefficient (Wildman–Crippen LogP) is 7.12. The van der Waals surface area contributed by atoms with E-state index in [1.54, 1.807) is 0 Å². The van der Waals surface area contributed by atoms with E-state index in [0.29, 0.717) is 37.9 Å². The lowest BCUT2D eigenvalue weighted by Gasteiger charge is -2.26. The zero-order chi connectivity index (χ0) is 25.6. The lowest BCUT2D eigenvalue weighted by atomic mass is 9.81. The zero-order valence-corrected chi connectivity index (χ0v) is 22.6. The van der Waals surface area contributed by atoms with Crippen molar-refractivity contribution in [1.29, 1.82) is 0 Å². The van der Waals surface area contributed by atoms with E-state index in [4.69, 9.17) is 14.2 Å². The second-order valence-corrected chi connectivity index (χ2v) is 11.6. The molecule has 0 N–H and O–H groups in total. The largest absolute Gasteiger partial charge is 0.465 e. The molecule has 202 valence electrons. The smallest absolute Gasteiger partial charge is 0.305 e. The van der Waals surface area contributed by atoms with Gasteiger partial charge in [0.1, 0.15) is 0 Å². The zero-order valence-electron chi connectivity index (χ0n) is 22.6. The minimum Gasteiger partial charge on any atom is -0.465 e. The topological polar surface area (TPSA) is 61.8 Å². The highest BCUT2D eigenvalue weighted by Crippen LogP contribution is 2.32. The molecule has 5 nitrogen and oxygen atoms in total. The summed E-state index contributed by atoms with van der Waals surface area (Å²) >= 11 is 0. The lowest BCUT2D eigenvalue weighted by molar-refractivity contribution is -0.151. The molecule has 2 fully saturated rings. The van der Waals surface area contributed by atoms with Gasteiger partial charge in [-0.25, -0.2) is 0 Å². The second-order valence-electron chi connectivity index (χ2n) is 11.6. The Kier molecular flexibility index (Phi) is 12.8. The number of carbonyl (C=O) groups is 2. The number of ether oxygens (including phenoxy) is 3. The monoisotopic (exact) mass is 500 g/mol. The Balaban J connectivity index is 1.37. The average molecular weight is 501 g/mol. The van der Waals surface area contributed by atoms with Gasteiger partial charge in [0, 0.05) is 12.8 Å². The third kappa shape index (κ3) is 11.5. The number of carbonyl (C=O) groups excluding carboxylic acids is 2. The van der Waals surface area contributed by atoms with Crippen molar-refractivity contribution in [3.8, 4) is 0 Å². The first-order valence-electron chi connectivity index (χ1n) is 14.4. The summed E-state index contributed by atoms with van der Waals surface area (Å²) in [5.74, 6) is 2.46. The van der Waals surface area contributed by atoms with Crippen molar-refractivity contribution in [2.75, 3.05) is 19.8 Å². The van der Waals surface area contributed by atoms with Crippen molar-refractivity contribution >= 4 is 11.9 Å². The first kappa shape index (κ1) is 28.7. The average Bonchev–Trinajstić information content (AvgIpc) is 2.90. The van der Waals surface area contributed by atoms with Gasteiger partial charge in [-0.1, -0.05) is 95.5 Å². The summed E-state index contributed by atoms with van der Waals surface area (Å²) in [5.41, 5.74) is 1.09. The molecule has 36 heavy (non-hydrogen) atoms. The summed E-state index contributed by atoms with van der Waals surface area (Å²) in [5, 5.41) is 0. The van der Waals surface area contributed by atoms with Gasteiger partial charge in [0.05, 0.1) is 32.3 Å². The minimum absolute atomic E-state index is 0.153. The van der Waals surface area contributed by atoms with Crippen molar-refractivity contribution in [2.24, 2.45) is 29.6 Å². The third-order valence-corrected chi connectivity index (χ3v) is 8.21. The van der Waals surface area contributed by atoms with Gasteiger partial charge in [-0.3, -0.25) is 9.59 Å². The van der Waals surface area contributed by atoms with Crippen LogP contribution in [0.2, 0.25) is 0 Å². The van der Waals surface area contributed by atoms with Gasteiger partial charge in [0.15, 0.2) is 0 Å². The Bertz CT molecular complexity index is 705. The molecule has 0 bridgehead atoms. The van der Waals surface area contributed by atoms with Crippen molar-refractivity contribution in [2.45, 2.75) is 97.5 Å². The van der Waals surface area contributed by atoms with Gasteiger partial charge in [-0.05, 0) is 42.1 Å². The van der Waals surface area contributed by atoms with Crippen LogP contribution in [0.5, 0.6) is 0 Å². The van der Waals surface area contributed by atoms with E-state index in [1.807, 2.05) is 30.3 Å². The molecule has 0 unspecified atom stereocenters. The number of hydrogen-bond donors (Lipinski definition) is 0. The van der Waals surface area contributed by atoms with Gasteiger partial charge in [-0.15, -0.1) is 0 Å². The highest BCUT2D eigenvalue weighted by Gasteiger charge is 2.22. The van der Waals surface area contributed by atoms with E-state index in [0.717, 1.165) is 30.2 Å². The molecule has 0 amide bonds. The maximum absolute atomic E-state index is 12.4. The maximum atomic E-state index is 12.4. The highest BCUT2D eigenvalue weighted by atomic mass is 16.6. The van der Waals surface area contributed by atoms with E-state index in [1.165, 1.54) is 51.4 Å². The van der Waals surface area contributed by atoms with Crippen LogP contribution in [-0.4, -0.2) is 31.8 Å². The van der Waals surface area contributed by atoms with Gasteiger partial charge in [-0.2, -0.15) is 0 Å². The standard InChI is InChI=1S/C31H48O5/c1-24-8-12-26(13-9-24)16-18-30(32)35-22-29(21-34-20-28-6-4-3-5-7-28)23-36-31(33)19-17-27-14-10-25(2)11-15-27/h3-7,24-27,29H,8-23H2,1-2H3. The van der Waals surface area contributed by atoms with Gasteiger partial charge >= 0.3 is 11.9 Å². The number of hydrogen-bond acceptors (Lipinski definition) is 5. The van der Waals surface area contributed by atoms with Crippen LogP contribution in [0.15, 0.2) is 30.3 Å². The summed E-state index contributed by atoms with van der Waals surface area (Å²) in [7, 11) is 0. The van der Waals surface area contributed by atoms with Crippen LogP contribution in [0.1, 0.15) is 96.5 Å². The van der Waals surface area contributed by atoms with Crippen LogP contribution in [0.25, 0.3) is 0 Å².